The van der Waals surface area contributed by atoms with Gasteiger partial charge in [-0.25, -0.2) is 0 Å². The van der Waals surface area contributed by atoms with Crippen LogP contribution >= 0.6 is 0 Å². The molecular formula is C14H17NO2. The molecule has 0 fully saturated rings. The fourth-order valence-corrected chi connectivity index (χ4v) is 1.80. The van der Waals surface area contributed by atoms with E-state index in [4.69, 9.17) is 5.73 Å². The van der Waals surface area contributed by atoms with Crippen molar-refractivity contribution in [3.8, 4) is 0 Å². The Morgan fingerprint density at radius 1 is 1.35 bits per heavy atom. The zero-order valence-electron chi connectivity index (χ0n) is 10.2. The molecule has 0 bridgehead atoms. The van der Waals surface area contributed by atoms with Crippen molar-refractivity contribution in [3.05, 3.63) is 35.4 Å². The third-order valence-electron chi connectivity index (χ3n) is 2.51. The van der Waals surface area contributed by atoms with Crippen molar-refractivity contribution in [3.63, 3.8) is 0 Å². The average molecular weight is 231 g/mol. The van der Waals surface area contributed by atoms with Gasteiger partial charge in [0.1, 0.15) is 6.29 Å². The number of carbonyl (C=O) groups is 2. The Balaban J connectivity index is 3.13. The minimum absolute atomic E-state index is 0.0145. The number of rotatable bonds is 5. The molecule has 17 heavy (non-hydrogen) atoms. The SMILES string of the molecule is CC(=O)/C=C(/C)c1ccc(N)cc1CCC=O. The molecule has 0 aliphatic rings. The number of aryl methyl sites for hydroxylation is 1. The zero-order valence-corrected chi connectivity index (χ0v) is 10.2. The van der Waals surface area contributed by atoms with Crippen LogP contribution in [-0.2, 0) is 16.0 Å². The van der Waals surface area contributed by atoms with Crippen molar-refractivity contribution in [1.82, 2.24) is 0 Å². The number of allylic oxidation sites excluding steroid dienone is 2. The van der Waals surface area contributed by atoms with Crippen molar-refractivity contribution in [2.75, 3.05) is 5.73 Å². The predicted molar refractivity (Wildman–Crippen MR) is 69.6 cm³/mol. The summed E-state index contributed by atoms with van der Waals surface area (Å²) in [6.45, 7) is 3.41. The van der Waals surface area contributed by atoms with Crippen LogP contribution in [0.2, 0.25) is 0 Å². The van der Waals surface area contributed by atoms with Crippen molar-refractivity contribution in [2.45, 2.75) is 26.7 Å². The summed E-state index contributed by atoms with van der Waals surface area (Å²) in [5.41, 5.74) is 9.29. The van der Waals surface area contributed by atoms with Crippen molar-refractivity contribution in [2.24, 2.45) is 0 Å². The second-order valence-corrected chi connectivity index (χ2v) is 4.06. The van der Waals surface area contributed by atoms with Gasteiger partial charge in [0.05, 0.1) is 0 Å². The number of ketones is 1. The fourth-order valence-electron chi connectivity index (χ4n) is 1.80. The van der Waals surface area contributed by atoms with Gasteiger partial charge in [0, 0.05) is 12.1 Å². The molecule has 90 valence electrons. The number of hydrogen-bond acceptors (Lipinski definition) is 3. The van der Waals surface area contributed by atoms with E-state index >= 15 is 0 Å². The van der Waals surface area contributed by atoms with Crippen LogP contribution in [0.25, 0.3) is 5.57 Å². The molecule has 0 spiro atoms. The standard InChI is InChI=1S/C14H17NO2/c1-10(8-11(2)17)14-6-5-13(15)9-12(14)4-3-7-16/h5-9H,3-4,15H2,1-2H3/b10-8-. The van der Waals surface area contributed by atoms with E-state index in [0.29, 0.717) is 18.5 Å². The van der Waals surface area contributed by atoms with E-state index in [0.717, 1.165) is 23.0 Å². The van der Waals surface area contributed by atoms with Crippen LogP contribution in [0.5, 0.6) is 0 Å². The van der Waals surface area contributed by atoms with Gasteiger partial charge in [-0.2, -0.15) is 0 Å². The summed E-state index contributed by atoms with van der Waals surface area (Å²) in [7, 11) is 0. The van der Waals surface area contributed by atoms with Crippen molar-refractivity contribution in [1.29, 1.82) is 0 Å². The molecule has 2 N–H and O–H groups in total. The van der Waals surface area contributed by atoms with Gasteiger partial charge in [-0.3, -0.25) is 4.79 Å². The maximum absolute atomic E-state index is 11.1. The van der Waals surface area contributed by atoms with Crippen LogP contribution in [0.3, 0.4) is 0 Å². The van der Waals surface area contributed by atoms with E-state index in [1.54, 1.807) is 12.1 Å². The van der Waals surface area contributed by atoms with Crippen LogP contribution in [0.15, 0.2) is 24.3 Å². The average Bonchev–Trinajstić information content (AvgIpc) is 2.25. The molecule has 0 saturated carbocycles. The Morgan fingerprint density at radius 3 is 2.65 bits per heavy atom. The van der Waals surface area contributed by atoms with Crippen molar-refractivity contribution < 1.29 is 9.59 Å². The molecule has 0 atom stereocenters. The summed E-state index contributed by atoms with van der Waals surface area (Å²) in [5.74, 6) is 0.0145. The lowest BCUT2D eigenvalue weighted by atomic mass is 9.96. The molecule has 0 aliphatic carbocycles. The molecule has 0 radical (unpaired) electrons. The van der Waals surface area contributed by atoms with Crippen LogP contribution in [0.1, 0.15) is 31.4 Å². The van der Waals surface area contributed by atoms with E-state index in [-0.39, 0.29) is 5.78 Å². The highest BCUT2D eigenvalue weighted by Gasteiger charge is 2.05. The molecule has 1 aromatic rings. The van der Waals surface area contributed by atoms with E-state index in [1.165, 1.54) is 6.92 Å². The van der Waals surface area contributed by atoms with Crippen LogP contribution in [-0.4, -0.2) is 12.1 Å². The third kappa shape index (κ3) is 3.87. The zero-order chi connectivity index (χ0) is 12.8. The molecule has 3 heteroatoms. The fraction of sp³-hybridized carbons (Fsp3) is 0.286. The normalized spacial score (nSPS) is 11.3. The van der Waals surface area contributed by atoms with Gasteiger partial charge in [0.25, 0.3) is 0 Å². The molecule has 0 heterocycles. The first kappa shape index (κ1) is 13.2. The van der Waals surface area contributed by atoms with E-state index in [9.17, 15) is 9.59 Å². The number of hydrogen-bond donors (Lipinski definition) is 1. The second kappa shape index (κ2) is 5.99. The summed E-state index contributed by atoms with van der Waals surface area (Å²) in [6.07, 6.45) is 3.59. The molecule has 0 saturated heterocycles. The number of benzene rings is 1. The molecule has 0 unspecified atom stereocenters. The molecular weight excluding hydrogens is 214 g/mol. The number of anilines is 1. The Labute approximate surface area is 101 Å². The minimum Gasteiger partial charge on any atom is -0.399 e. The lowest BCUT2D eigenvalue weighted by Gasteiger charge is -2.09. The lowest BCUT2D eigenvalue weighted by Crippen LogP contribution is -1.97. The number of nitrogen functional groups attached to an aromatic ring is 1. The van der Waals surface area contributed by atoms with E-state index in [1.807, 2.05) is 19.1 Å². The lowest BCUT2D eigenvalue weighted by molar-refractivity contribution is -0.112. The monoisotopic (exact) mass is 231 g/mol. The number of carbonyl (C=O) groups excluding carboxylic acids is 2. The van der Waals surface area contributed by atoms with Gasteiger partial charge in [-0.15, -0.1) is 0 Å². The first-order chi connectivity index (χ1) is 8.04. The van der Waals surface area contributed by atoms with E-state index < -0.39 is 0 Å². The quantitative estimate of drug-likeness (QED) is 0.481. The van der Waals surface area contributed by atoms with Crippen LogP contribution < -0.4 is 5.73 Å². The summed E-state index contributed by atoms with van der Waals surface area (Å²) < 4.78 is 0. The first-order valence-corrected chi connectivity index (χ1v) is 5.56. The highest BCUT2D eigenvalue weighted by atomic mass is 16.1. The highest BCUT2D eigenvalue weighted by Crippen LogP contribution is 2.22. The first-order valence-electron chi connectivity index (χ1n) is 5.56. The summed E-state index contributed by atoms with van der Waals surface area (Å²) in [6, 6.07) is 5.55. The molecule has 1 aromatic carbocycles. The number of nitrogens with two attached hydrogens (primary N) is 1. The van der Waals surface area contributed by atoms with E-state index in [2.05, 4.69) is 0 Å². The highest BCUT2D eigenvalue weighted by molar-refractivity contribution is 5.95. The molecule has 0 aromatic heterocycles. The van der Waals surface area contributed by atoms with Crippen LogP contribution in [0, 0.1) is 0 Å². The van der Waals surface area contributed by atoms with Gasteiger partial charge < -0.3 is 10.5 Å². The summed E-state index contributed by atoms with van der Waals surface area (Å²) in [5, 5.41) is 0. The van der Waals surface area contributed by atoms with Gasteiger partial charge in [-0.05, 0) is 55.2 Å². The summed E-state index contributed by atoms with van der Waals surface area (Å²) >= 11 is 0. The van der Waals surface area contributed by atoms with Crippen molar-refractivity contribution >= 4 is 23.3 Å². The maximum Gasteiger partial charge on any atom is 0.152 e. The topological polar surface area (TPSA) is 60.2 Å². The number of aldehydes is 1. The maximum atomic E-state index is 11.1. The largest absolute Gasteiger partial charge is 0.399 e. The Morgan fingerprint density at radius 2 is 2.06 bits per heavy atom. The van der Waals surface area contributed by atoms with Gasteiger partial charge in [0.15, 0.2) is 5.78 Å². The molecule has 0 amide bonds. The summed E-state index contributed by atoms with van der Waals surface area (Å²) in [4.78, 5) is 21.5. The van der Waals surface area contributed by atoms with Gasteiger partial charge in [-0.1, -0.05) is 6.07 Å². The Hall–Kier alpha value is -1.90. The third-order valence-corrected chi connectivity index (χ3v) is 2.51. The Kier molecular flexibility index (Phi) is 4.64. The minimum atomic E-state index is 0.0145. The van der Waals surface area contributed by atoms with Gasteiger partial charge >= 0.3 is 0 Å². The predicted octanol–water partition coefficient (Wildman–Crippen LogP) is 2.39. The molecule has 0 aliphatic heterocycles. The second-order valence-electron chi connectivity index (χ2n) is 4.06. The molecule has 1 rings (SSSR count). The smallest absolute Gasteiger partial charge is 0.152 e. The van der Waals surface area contributed by atoms with Crippen LogP contribution in [0.4, 0.5) is 5.69 Å². The Bertz CT molecular complexity index is 461. The van der Waals surface area contributed by atoms with Gasteiger partial charge in [0.2, 0.25) is 0 Å². The molecule has 3 nitrogen and oxygen atoms in total.